The Morgan fingerprint density at radius 2 is 1.61 bits per heavy atom. The van der Waals surface area contributed by atoms with E-state index in [0.717, 1.165) is 0 Å². The van der Waals surface area contributed by atoms with Crippen LogP contribution in [0.3, 0.4) is 0 Å². The van der Waals surface area contributed by atoms with Gasteiger partial charge < -0.3 is 19.9 Å². The highest BCUT2D eigenvalue weighted by Gasteiger charge is 2.22. The Balaban J connectivity index is 1.72. The van der Waals surface area contributed by atoms with Crippen LogP contribution < -0.4 is 14.8 Å². The van der Waals surface area contributed by atoms with Crippen LogP contribution in [0.25, 0.3) is 0 Å². The van der Waals surface area contributed by atoms with Crippen molar-refractivity contribution >= 4 is 23.2 Å². The van der Waals surface area contributed by atoms with Crippen LogP contribution in [-0.2, 0) is 0 Å². The molecule has 0 saturated carbocycles. The van der Waals surface area contributed by atoms with Crippen molar-refractivity contribution in [1.82, 2.24) is 0 Å². The minimum absolute atomic E-state index is 0.310. The zero-order valence-corrected chi connectivity index (χ0v) is 15.6. The lowest BCUT2D eigenvalue weighted by atomic mass is 9.98. The van der Waals surface area contributed by atoms with E-state index in [1.165, 1.54) is 0 Å². The van der Waals surface area contributed by atoms with Gasteiger partial charge in [0.25, 0.3) is 5.91 Å². The largest absolute Gasteiger partial charge is 0.486 e. The summed E-state index contributed by atoms with van der Waals surface area (Å²) in [5.41, 5.74) is 2.15. The van der Waals surface area contributed by atoms with E-state index in [2.05, 4.69) is 5.32 Å². The van der Waals surface area contributed by atoms with Crippen molar-refractivity contribution < 1.29 is 19.4 Å². The van der Waals surface area contributed by atoms with E-state index in [1.807, 2.05) is 30.3 Å². The molecule has 5 nitrogen and oxygen atoms in total. The molecule has 0 aliphatic carbocycles. The van der Waals surface area contributed by atoms with Gasteiger partial charge in [0, 0.05) is 22.2 Å². The quantitative estimate of drug-likeness (QED) is 0.685. The second kappa shape index (κ2) is 7.92. The first-order chi connectivity index (χ1) is 13.6. The van der Waals surface area contributed by atoms with Gasteiger partial charge in [-0.1, -0.05) is 41.9 Å². The predicted octanol–water partition coefficient (Wildman–Crippen LogP) is 4.45. The monoisotopic (exact) mass is 395 g/mol. The smallest absolute Gasteiger partial charge is 0.255 e. The second-order valence-electron chi connectivity index (χ2n) is 6.36. The second-order valence-corrected chi connectivity index (χ2v) is 6.79. The number of benzene rings is 3. The molecule has 0 saturated heterocycles. The Kier molecular flexibility index (Phi) is 5.19. The molecule has 1 atom stereocenters. The van der Waals surface area contributed by atoms with Gasteiger partial charge in [0.2, 0.25) is 0 Å². The highest BCUT2D eigenvalue weighted by atomic mass is 35.5. The SMILES string of the molecule is O=C(Nc1cc2c(cc1[C@H](O)c1ccccc1)OCCO2)c1ccc(Cl)cc1. The van der Waals surface area contributed by atoms with Gasteiger partial charge in [-0.15, -0.1) is 0 Å². The summed E-state index contributed by atoms with van der Waals surface area (Å²) in [6.07, 6.45) is -0.933. The Labute approximate surface area is 167 Å². The molecule has 1 aliphatic heterocycles. The molecule has 1 aliphatic rings. The summed E-state index contributed by atoms with van der Waals surface area (Å²) < 4.78 is 11.3. The van der Waals surface area contributed by atoms with Crippen molar-refractivity contribution in [3.63, 3.8) is 0 Å². The average Bonchev–Trinajstić information content (AvgIpc) is 2.74. The zero-order valence-electron chi connectivity index (χ0n) is 14.9. The van der Waals surface area contributed by atoms with E-state index in [1.54, 1.807) is 36.4 Å². The first kappa shape index (κ1) is 18.3. The lowest BCUT2D eigenvalue weighted by Crippen LogP contribution is -2.18. The topological polar surface area (TPSA) is 67.8 Å². The first-order valence-electron chi connectivity index (χ1n) is 8.85. The molecule has 1 heterocycles. The molecule has 0 spiro atoms. The highest BCUT2D eigenvalue weighted by molar-refractivity contribution is 6.30. The van der Waals surface area contributed by atoms with Gasteiger partial charge in [0.05, 0.1) is 5.69 Å². The Morgan fingerprint density at radius 1 is 0.964 bits per heavy atom. The average molecular weight is 396 g/mol. The number of hydrogen-bond donors (Lipinski definition) is 2. The maximum atomic E-state index is 12.7. The third-order valence-electron chi connectivity index (χ3n) is 4.48. The molecule has 0 unspecified atom stereocenters. The van der Waals surface area contributed by atoms with E-state index in [4.69, 9.17) is 21.1 Å². The molecule has 0 aromatic heterocycles. The van der Waals surface area contributed by atoms with E-state index in [0.29, 0.717) is 52.1 Å². The van der Waals surface area contributed by atoms with Crippen molar-refractivity contribution in [2.75, 3.05) is 18.5 Å². The molecule has 1 amide bonds. The number of hydrogen-bond acceptors (Lipinski definition) is 4. The minimum Gasteiger partial charge on any atom is -0.486 e. The van der Waals surface area contributed by atoms with Crippen LogP contribution in [0.5, 0.6) is 11.5 Å². The van der Waals surface area contributed by atoms with Gasteiger partial charge in [-0.05, 0) is 35.9 Å². The van der Waals surface area contributed by atoms with Gasteiger partial charge in [0.15, 0.2) is 11.5 Å². The fourth-order valence-electron chi connectivity index (χ4n) is 3.05. The predicted molar refractivity (Wildman–Crippen MR) is 107 cm³/mol. The van der Waals surface area contributed by atoms with E-state index < -0.39 is 6.10 Å². The molecule has 0 bridgehead atoms. The zero-order chi connectivity index (χ0) is 19.5. The summed E-state index contributed by atoms with van der Waals surface area (Å²) in [7, 11) is 0. The summed E-state index contributed by atoms with van der Waals surface area (Å²) in [4.78, 5) is 12.7. The van der Waals surface area contributed by atoms with Crippen LogP contribution in [0, 0.1) is 0 Å². The van der Waals surface area contributed by atoms with Crippen molar-refractivity contribution in [3.8, 4) is 11.5 Å². The van der Waals surface area contributed by atoms with E-state index in [9.17, 15) is 9.90 Å². The Hall–Kier alpha value is -3.02. The normalized spacial score (nSPS) is 13.6. The van der Waals surface area contributed by atoms with Gasteiger partial charge in [-0.2, -0.15) is 0 Å². The maximum Gasteiger partial charge on any atom is 0.255 e. The fraction of sp³-hybridized carbons (Fsp3) is 0.136. The summed E-state index contributed by atoms with van der Waals surface area (Å²) in [5, 5.41) is 14.4. The molecule has 2 N–H and O–H groups in total. The van der Waals surface area contributed by atoms with Crippen molar-refractivity contribution in [3.05, 3.63) is 88.4 Å². The molecule has 142 valence electrons. The molecule has 6 heteroatoms. The molecule has 28 heavy (non-hydrogen) atoms. The highest BCUT2D eigenvalue weighted by Crippen LogP contribution is 2.39. The molecular weight excluding hydrogens is 378 g/mol. The van der Waals surface area contributed by atoms with Gasteiger partial charge >= 0.3 is 0 Å². The number of aliphatic hydroxyl groups excluding tert-OH is 1. The van der Waals surface area contributed by atoms with E-state index in [-0.39, 0.29) is 5.91 Å². The van der Waals surface area contributed by atoms with Crippen LogP contribution in [-0.4, -0.2) is 24.2 Å². The standard InChI is InChI=1S/C22H18ClNO4/c23-16-8-6-15(7-9-16)22(26)24-18-13-20-19(27-10-11-28-20)12-17(18)21(25)14-4-2-1-3-5-14/h1-9,12-13,21,25H,10-11H2,(H,24,26)/t21-/m1/s1. The Morgan fingerprint density at radius 3 is 2.29 bits per heavy atom. The minimum atomic E-state index is -0.933. The number of fused-ring (bicyclic) bond motifs is 1. The summed E-state index contributed by atoms with van der Waals surface area (Å²) in [6, 6.07) is 19.2. The Bertz CT molecular complexity index is 989. The number of ether oxygens (including phenoxy) is 2. The third-order valence-corrected chi connectivity index (χ3v) is 4.73. The number of carbonyl (C=O) groups excluding carboxylic acids is 1. The van der Waals surface area contributed by atoms with Gasteiger partial charge in [-0.25, -0.2) is 0 Å². The number of anilines is 1. The number of nitrogens with one attached hydrogen (secondary N) is 1. The summed E-state index contributed by atoms with van der Waals surface area (Å²) in [5.74, 6) is 0.761. The lowest BCUT2D eigenvalue weighted by Gasteiger charge is -2.23. The number of carbonyl (C=O) groups is 1. The summed E-state index contributed by atoms with van der Waals surface area (Å²) >= 11 is 5.90. The van der Waals surface area contributed by atoms with Gasteiger partial charge in [-0.3, -0.25) is 4.79 Å². The first-order valence-corrected chi connectivity index (χ1v) is 9.23. The van der Waals surface area contributed by atoms with Crippen LogP contribution in [0.15, 0.2) is 66.7 Å². The number of halogens is 1. The van der Waals surface area contributed by atoms with Crippen molar-refractivity contribution in [2.45, 2.75) is 6.10 Å². The van der Waals surface area contributed by atoms with Crippen LogP contribution in [0.2, 0.25) is 5.02 Å². The lowest BCUT2D eigenvalue weighted by molar-refractivity contribution is 0.102. The van der Waals surface area contributed by atoms with Crippen LogP contribution >= 0.6 is 11.6 Å². The molecule has 0 radical (unpaired) electrons. The third kappa shape index (κ3) is 3.81. The summed E-state index contributed by atoms with van der Waals surface area (Å²) in [6.45, 7) is 0.864. The van der Waals surface area contributed by atoms with Crippen molar-refractivity contribution in [1.29, 1.82) is 0 Å². The molecular formula is C22H18ClNO4. The number of aliphatic hydroxyl groups is 1. The molecule has 3 aromatic rings. The number of amides is 1. The number of rotatable bonds is 4. The van der Waals surface area contributed by atoms with E-state index >= 15 is 0 Å². The fourth-order valence-corrected chi connectivity index (χ4v) is 3.18. The van der Waals surface area contributed by atoms with Crippen LogP contribution in [0.4, 0.5) is 5.69 Å². The molecule has 0 fully saturated rings. The van der Waals surface area contributed by atoms with Gasteiger partial charge in [0.1, 0.15) is 19.3 Å². The molecule has 3 aromatic carbocycles. The maximum absolute atomic E-state index is 12.7. The molecule has 4 rings (SSSR count). The van der Waals surface area contributed by atoms with Crippen LogP contribution in [0.1, 0.15) is 27.6 Å². The van der Waals surface area contributed by atoms with Crippen molar-refractivity contribution in [2.24, 2.45) is 0 Å².